The van der Waals surface area contributed by atoms with Gasteiger partial charge in [-0.15, -0.1) is 6.58 Å². The van der Waals surface area contributed by atoms with E-state index >= 15 is 0 Å². The van der Waals surface area contributed by atoms with Crippen LogP contribution in [-0.2, 0) is 0 Å². The van der Waals surface area contributed by atoms with E-state index in [0.29, 0.717) is 11.6 Å². The summed E-state index contributed by atoms with van der Waals surface area (Å²) in [6.45, 7) is 3.86. The maximum absolute atomic E-state index is 11.9. The van der Waals surface area contributed by atoms with Crippen molar-refractivity contribution < 1.29 is 0 Å². The number of hydrogen-bond acceptors (Lipinski definition) is 6. The molecule has 7 nitrogen and oxygen atoms in total. The second-order valence-electron chi connectivity index (χ2n) is 3.56. The van der Waals surface area contributed by atoms with E-state index in [1.54, 1.807) is 18.2 Å². The summed E-state index contributed by atoms with van der Waals surface area (Å²) in [6.07, 6.45) is 4.38. The summed E-state index contributed by atoms with van der Waals surface area (Å²) in [5.41, 5.74) is -0.565. The predicted molar refractivity (Wildman–Crippen MR) is 72.2 cm³/mol. The summed E-state index contributed by atoms with van der Waals surface area (Å²) in [7, 11) is 0. The average Bonchev–Trinajstić information content (AvgIpc) is 2.40. The molecule has 0 atom stereocenters. The van der Waals surface area contributed by atoms with Crippen molar-refractivity contribution in [1.82, 2.24) is 19.5 Å². The lowest BCUT2D eigenvalue weighted by molar-refractivity contribution is 0.788. The molecule has 0 aliphatic heterocycles. The molecule has 2 rings (SSSR count). The molecule has 98 valence electrons. The smallest absolute Gasteiger partial charge is 0.275 e. The van der Waals surface area contributed by atoms with Crippen molar-refractivity contribution in [1.29, 1.82) is 0 Å². The number of rotatable bonds is 4. The van der Waals surface area contributed by atoms with E-state index in [4.69, 9.17) is 17.4 Å². The van der Waals surface area contributed by atoms with Gasteiger partial charge in [0.15, 0.2) is 5.82 Å². The van der Waals surface area contributed by atoms with Gasteiger partial charge in [-0.05, 0) is 12.1 Å². The van der Waals surface area contributed by atoms with E-state index in [0.717, 1.165) is 4.57 Å². The van der Waals surface area contributed by atoms with E-state index in [1.807, 2.05) is 0 Å². The molecule has 2 aromatic heterocycles. The Hall–Kier alpha value is -2.25. The van der Waals surface area contributed by atoms with Gasteiger partial charge in [-0.3, -0.25) is 5.01 Å². The highest BCUT2D eigenvalue weighted by Gasteiger charge is 2.10. The Morgan fingerprint density at radius 1 is 1.53 bits per heavy atom. The minimum absolute atomic E-state index is 0.105. The molecule has 0 bridgehead atoms. The van der Waals surface area contributed by atoms with Crippen LogP contribution in [0.4, 0.5) is 5.95 Å². The van der Waals surface area contributed by atoms with Gasteiger partial charge >= 0.3 is 5.69 Å². The molecule has 0 aliphatic carbocycles. The van der Waals surface area contributed by atoms with Crippen LogP contribution in [0.3, 0.4) is 0 Å². The molecule has 0 aliphatic rings. The lowest BCUT2D eigenvalue weighted by Gasteiger charge is -2.13. The molecular weight excluding hydrogens is 268 g/mol. The highest BCUT2D eigenvalue weighted by molar-refractivity contribution is 6.32. The first-order chi connectivity index (χ1) is 9.13. The third-order valence-electron chi connectivity index (χ3n) is 2.24. The van der Waals surface area contributed by atoms with Gasteiger partial charge in [0.2, 0.25) is 5.95 Å². The first-order valence-electron chi connectivity index (χ1n) is 5.33. The van der Waals surface area contributed by atoms with Crippen molar-refractivity contribution in [3.05, 3.63) is 52.8 Å². The van der Waals surface area contributed by atoms with E-state index in [2.05, 4.69) is 21.5 Å². The molecule has 2 heterocycles. The van der Waals surface area contributed by atoms with Crippen LogP contribution >= 0.6 is 11.6 Å². The van der Waals surface area contributed by atoms with Crippen LogP contribution in [0.5, 0.6) is 0 Å². The summed E-state index contributed by atoms with van der Waals surface area (Å²) >= 11 is 5.96. The van der Waals surface area contributed by atoms with Crippen molar-refractivity contribution in [3.8, 4) is 5.82 Å². The molecule has 2 aromatic rings. The van der Waals surface area contributed by atoms with Crippen molar-refractivity contribution >= 4 is 17.5 Å². The zero-order valence-corrected chi connectivity index (χ0v) is 10.7. The van der Waals surface area contributed by atoms with Crippen LogP contribution in [0.25, 0.3) is 5.82 Å². The number of hydrazine groups is 1. The molecule has 19 heavy (non-hydrogen) atoms. The highest BCUT2D eigenvalue weighted by atomic mass is 35.5. The molecule has 0 fully saturated rings. The minimum Gasteiger partial charge on any atom is -0.275 e. The van der Waals surface area contributed by atoms with E-state index in [9.17, 15) is 4.79 Å². The van der Waals surface area contributed by atoms with Crippen LogP contribution in [-0.4, -0.2) is 26.1 Å². The van der Waals surface area contributed by atoms with Gasteiger partial charge in [0, 0.05) is 6.20 Å². The number of halogens is 1. The fraction of sp³-hybridized carbons (Fsp3) is 0.0909. The average molecular weight is 279 g/mol. The zero-order valence-electron chi connectivity index (χ0n) is 9.90. The maximum atomic E-state index is 11.9. The first-order valence-corrected chi connectivity index (χ1v) is 5.71. The van der Waals surface area contributed by atoms with Crippen molar-refractivity contribution in [3.63, 3.8) is 0 Å². The molecule has 0 unspecified atom stereocenters. The van der Waals surface area contributed by atoms with Gasteiger partial charge in [0.25, 0.3) is 0 Å². The Morgan fingerprint density at radius 2 is 2.32 bits per heavy atom. The van der Waals surface area contributed by atoms with Crippen LogP contribution in [0, 0.1) is 0 Å². The molecule has 8 heteroatoms. The zero-order chi connectivity index (χ0) is 13.8. The highest BCUT2D eigenvalue weighted by Crippen LogP contribution is 2.14. The summed E-state index contributed by atoms with van der Waals surface area (Å²) < 4.78 is 1.15. The second-order valence-corrected chi connectivity index (χ2v) is 3.97. The van der Waals surface area contributed by atoms with Gasteiger partial charge in [0.1, 0.15) is 6.33 Å². The summed E-state index contributed by atoms with van der Waals surface area (Å²) in [4.78, 5) is 23.7. The molecular formula is C11H11ClN6O. The monoisotopic (exact) mass is 278 g/mol. The van der Waals surface area contributed by atoms with Crippen LogP contribution in [0.1, 0.15) is 0 Å². The standard InChI is InChI=1S/C11H11ClN6O/c1-2-6-18(13)10-15-7-17(11(19)16-10)9-8(12)4-3-5-14-9/h2-5,7H,1,6,13H2. The minimum atomic E-state index is -0.565. The van der Waals surface area contributed by atoms with E-state index < -0.39 is 5.69 Å². The quantitative estimate of drug-likeness (QED) is 0.499. The van der Waals surface area contributed by atoms with Crippen LogP contribution in [0.15, 0.2) is 42.1 Å². The fourth-order valence-corrected chi connectivity index (χ4v) is 1.60. The Kier molecular flexibility index (Phi) is 3.88. The maximum Gasteiger partial charge on any atom is 0.357 e. The van der Waals surface area contributed by atoms with Gasteiger partial charge in [0.05, 0.1) is 11.6 Å². The molecule has 0 saturated heterocycles. The van der Waals surface area contributed by atoms with Gasteiger partial charge < -0.3 is 0 Å². The Balaban J connectivity index is 2.43. The molecule has 2 N–H and O–H groups in total. The molecule has 0 amide bonds. The Labute approximate surface area is 114 Å². The Morgan fingerprint density at radius 3 is 2.95 bits per heavy atom. The van der Waals surface area contributed by atoms with Crippen LogP contribution in [0.2, 0.25) is 5.02 Å². The SMILES string of the molecule is C=CCN(N)c1ncn(-c2ncccc2Cl)c(=O)n1. The van der Waals surface area contributed by atoms with Gasteiger partial charge in [-0.1, -0.05) is 17.7 Å². The first kappa shape index (κ1) is 13.2. The third-order valence-corrected chi connectivity index (χ3v) is 2.54. The number of hydrogen-bond donors (Lipinski definition) is 1. The third kappa shape index (κ3) is 2.78. The second kappa shape index (κ2) is 5.59. The number of anilines is 1. The van der Waals surface area contributed by atoms with Crippen molar-refractivity contribution in [2.75, 3.05) is 11.6 Å². The summed E-state index contributed by atoms with van der Waals surface area (Å²) in [5, 5.41) is 1.54. The van der Waals surface area contributed by atoms with E-state index in [1.165, 1.54) is 17.5 Å². The van der Waals surface area contributed by atoms with Crippen molar-refractivity contribution in [2.24, 2.45) is 5.84 Å². The van der Waals surface area contributed by atoms with Crippen LogP contribution < -0.4 is 16.5 Å². The summed E-state index contributed by atoms with van der Waals surface area (Å²) in [5.74, 6) is 6.02. The Bertz CT molecular complexity index is 656. The van der Waals surface area contributed by atoms with Crippen molar-refractivity contribution in [2.45, 2.75) is 0 Å². The van der Waals surface area contributed by atoms with Gasteiger partial charge in [-0.2, -0.15) is 4.98 Å². The topological polar surface area (TPSA) is 89.9 Å². The molecule has 0 saturated carbocycles. The van der Waals surface area contributed by atoms with E-state index in [-0.39, 0.29) is 11.8 Å². The normalized spacial score (nSPS) is 10.2. The fourth-order valence-electron chi connectivity index (χ4n) is 1.39. The lowest BCUT2D eigenvalue weighted by Crippen LogP contribution is -2.35. The number of nitrogens with zero attached hydrogens (tertiary/aromatic N) is 5. The number of nitrogens with two attached hydrogens (primary N) is 1. The number of aromatic nitrogens is 4. The summed E-state index contributed by atoms with van der Waals surface area (Å²) in [6, 6.07) is 3.29. The largest absolute Gasteiger partial charge is 0.357 e. The molecule has 0 spiro atoms. The predicted octanol–water partition coefficient (Wildman–Crippen LogP) is 0.542. The molecule has 0 aromatic carbocycles. The lowest BCUT2D eigenvalue weighted by atomic mass is 10.4. The van der Waals surface area contributed by atoms with Gasteiger partial charge in [-0.25, -0.2) is 25.2 Å². The number of pyridine rings is 1. The molecule has 0 radical (unpaired) electrons.